The Morgan fingerprint density at radius 1 is 0.750 bits per heavy atom. The van der Waals surface area contributed by atoms with Gasteiger partial charge in [0.15, 0.2) is 0 Å². The molecule has 1 saturated heterocycles. The second kappa shape index (κ2) is 11.8. The van der Waals surface area contributed by atoms with Crippen molar-refractivity contribution >= 4 is 92.0 Å². The van der Waals surface area contributed by atoms with Gasteiger partial charge in [0.25, 0.3) is 0 Å². The number of benzene rings is 4. The Balaban J connectivity index is 1.69. The third-order valence-electron chi connectivity index (χ3n) is 8.12. The molecule has 1 fully saturated rings. The van der Waals surface area contributed by atoms with Gasteiger partial charge in [-0.05, 0) is 95.5 Å². The molecule has 228 valence electrons. The number of fused-ring (bicyclic) bond motifs is 2. The van der Waals surface area contributed by atoms with Crippen LogP contribution in [0, 0.1) is 0 Å². The molecule has 3 aromatic rings. The predicted molar refractivity (Wildman–Crippen MR) is 187 cm³/mol. The molecule has 0 unspecified atom stereocenters. The van der Waals surface area contributed by atoms with Gasteiger partial charge >= 0.3 is 0 Å². The van der Waals surface area contributed by atoms with E-state index in [-0.39, 0.29) is 11.1 Å². The molecule has 0 amide bonds. The minimum atomic E-state index is -0.171. The Hall–Kier alpha value is -2.38. The third kappa shape index (κ3) is 5.84. The van der Waals surface area contributed by atoms with Gasteiger partial charge in [-0.2, -0.15) is 5.10 Å². The van der Waals surface area contributed by atoms with Crippen LogP contribution in [0.3, 0.4) is 0 Å². The van der Waals surface area contributed by atoms with Gasteiger partial charge in [-0.15, -0.1) is 0 Å². The lowest BCUT2D eigenvalue weighted by atomic mass is 9.82. The van der Waals surface area contributed by atoms with Crippen LogP contribution < -0.4 is 10.7 Å². The Labute approximate surface area is 286 Å². The quantitative estimate of drug-likeness (QED) is 0.149. The maximum atomic E-state index is 6.53. The number of piperidine rings is 1. The number of nitrogens with one attached hydrogen (secondary N) is 1. The average Bonchev–Trinajstić information content (AvgIpc) is 2.95. The van der Waals surface area contributed by atoms with E-state index in [4.69, 9.17) is 79.7 Å². The van der Waals surface area contributed by atoms with Crippen molar-refractivity contribution in [2.75, 3.05) is 5.32 Å². The van der Waals surface area contributed by atoms with Gasteiger partial charge in [0.2, 0.25) is 0 Å². The smallest absolute Gasteiger partial charge is 0.109 e. The Morgan fingerprint density at radius 2 is 1.32 bits per heavy atom. The summed E-state index contributed by atoms with van der Waals surface area (Å²) in [5.74, 6) is 0. The van der Waals surface area contributed by atoms with Gasteiger partial charge in [-0.25, -0.2) is 4.98 Å². The molecule has 0 spiro atoms. The number of nitrogens with zero attached hydrogens (tertiary/aromatic N) is 4. The molecule has 0 radical (unpaired) electrons. The highest BCUT2D eigenvalue weighted by Crippen LogP contribution is 2.40. The van der Waals surface area contributed by atoms with E-state index in [1.165, 1.54) is 0 Å². The van der Waals surface area contributed by atoms with Crippen LogP contribution in [0.2, 0.25) is 30.1 Å². The summed E-state index contributed by atoms with van der Waals surface area (Å²) in [6.45, 7) is 8.93. The average molecular weight is 708 g/mol. The second-order valence-corrected chi connectivity index (χ2v) is 14.7. The molecule has 6 rings (SSSR count). The van der Waals surface area contributed by atoms with E-state index in [2.05, 4.69) is 42.6 Å². The van der Waals surface area contributed by atoms with E-state index in [0.29, 0.717) is 41.2 Å². The van der Waals surface area contributed by atoms with E-state index in [0.717, 1.165) is 53.1 Å². The summed E-state index contributed by atoms with van der Waals surface area (Å²) in [6, 6.07) is 19.0. The molecule has 3 aliphatic rings. The number of para-hydroxylation sites is 2. The van der Waals surface area contributed by atoms with Crippen LogP contribution in [0.5, 0.6) is 0 Å². The number of halogens is 6. The van der Waals surface area contributed by atoms with Crippen molar-refractivity contribution in [3.8, 4) is 17.1 Å². The van der Waals surface area contributed by atoms with Crippen LogP contribution in [0.1, 0.15) is 47.0 Å². The first-order valence-electron chi connectivity index (χ1n) is 14.1. The zero-order chi connectivity index (χ0) is 31.6. The number of hydrogen-bond acceptors (Lipinski definition) is 4. The van der Waals surface area contributed by atoms with Crippen LogP contribution >= 0.6 is 69.6 Å². The molecule has 1 N–H and O–H groups in total. The molecule has 0 aromatic heterocycles. The van der Waals surface area contributed by atoms with Crippen molar-refractivity contribution in [3.05, 3.63) is 96.2 Å². The van der Waals surface area contributed by atoms with Crippen LogP contribution in [-0.2, 0) is 0 Å². The minimum absolute atomic E-state index is 0.171. The Morgan fingerprint density at radius 3 is 1.93 bits per heavy atom. The highest BCUT2D eigenvalue weighted by atomic mass is 35.5. The molecular weight excluding hydrogens is 679 g/mol. The lowest BCUT2D eigenvalue weighted by Gasteiger charge is -2.51. The first kappa shape index (κ1) is 31.6. The van der Waals surface area contributed by atoms with Gasteiger partial charge in [0.05, 0.1) is 69.3 Å². The zero-order valence-corrected chi connectivity index (χ0v) is 29.0. The largest absolute Gasteiger partial charge is 0.354 e. The molecule has 1 aliphatic carbocycles. The highest BCUT2D eigenvalue weighted by Gasteiger charge is 2.40. The molecular formula is C33H29Cl6N5. The molecule has 3 aromatic carbocycles. The van der Waals surface area contributed by atoms with Crippen LogP contribution in [0.15, 0.2) is 65.8 Å². The van der Waals surface area contributed by atoms with Gasteiger partial charge in [-0.1, -0.05) is 81.7 Å². The molecule has 44 heavy (non-hydrogen) atoms. The maximum absolute atomic E-state index is 6.53. The topological polar surface area (TPSA) is 45.5 Å². The van der Waals surface area contributed by atoms with Crippen molar-refractivity contribution in [3.63, 3.8) is 0 Å². The van der Waals surface area contributed by atoms with E-state index in [1.807, 2.05) is 36.4 Å². The summed E-state index contributed by atoms with van der Waals surface area (Å²) in [4.78, 5) is 5.04. The van der Waals surface area contributed by atoms with Crippen LogP contribution in [0.4, 0.5) is 11.4 Å². The first-order chi connectivity index (χ1) is 20.7. The number of anilines is 2. The van der Waals surface area contributed by atoms with Crippen molar-refractivity contribution in [2.24, 2.45) is 5.10 Å². The van der Waals surface area contributed by atoms with Crippen LogP contribution in [0.25, 0.3) is 28.1 Å². The SMILES string of the molecule is CC1(C)CCCC(C)(C)N1N=c1cc2n(-c3cc(Cl)c(Cl)c(Cl)c3)c3ccccc3nc-2cc1Nc1cc(Cl)c(Cl)c(Cl)c1. The molecule has 5 nitrogen and oxygen atoms in total. The molecule has 2 heterocycles. The number of rotatable bonds is 4. The minimum Gasteiger partial charge on any atom is -0.354 e. The second-order valence-electron chi connectivity index (χ2n) is 12.3. The summed E-state index contributed by atoms with van der Waals surface area (Å²) < 4.78 is 2.08. The fourth-order valence-electron chi connectivity index (χ4n) is 6.12. The summed E-state index contributed by atoms with van der Waals surface area (Å²) in [5.41, 5.74) is 4.98. The van der Waals surface area contributed by atoms with Crippen molar-refractivity contribution < 1.29 is 0 Å². The van der Waals surface area contributed by atoms with Crippen LogP contribution in [-0.4, -0.2) is 25.6 Å². The molecule has 2 aliphatic heterocycles. The monoisotopic (exact) mass is 705 g/mol. The summed E-state index contributed by atoms with van der Waals surface area (Å²) >= 11 is 38.5. The lowest BCUT2D eigenvalue weighted by molar-refractivity contribution is -0.0287. The summed E-state index contributed by atoms with van der Waals surface area (Å²) in [7, 11) is 0. The lowest BCUT2D eigenvalue weighted by Crippen LogP contribution is -2.56. The standard InChI is InChI=1S/C33H29Cl6N5/c1-32(2)10-7-11-33(3,4)44(32)42-26-17-29-27(16-25(26)40-18-12-20(34)30(38)21(35)13-18)41-24-8-5-6-9-28(24)43(29)19-14-22(36)31(39)23(37)15-19/h5-6,8-9,12-17,40H,7,10-11H2,1-4H3. The zero-order valence-electron chi connectivity index (χ0n) is 24.5. The van der Waals surface area contributed by atoms with E-state index in [1.54, 1.807) is 24.3 Å². The Kier molecular flexibility index (Phi) is 8.45. The molecule has 0 bridgehead atoms. The fourth-order valence-corrected chi connectivity index (χ4v) is 7.30. The van der Waals surface area contributed by atoms with Gasteiger partial charge in [0, 0.05) is 11.4 Å². The van der Waals surface area contributed by atoms with E-state index < -0.39 is 0 Å². The van der Waals surface area contributed by atoms with Crippen molar-refractivity contribution in [2.45, 2.75) is 58.0 Å². The molecule has 0 atom stereocenters. The number of aromatic nitrogens is 2. The Bertz CT molecular complexity index is 1900. The normalized spacial score (nSPS) is 16.6. The van der Waals surface area contributed by atoms with Crippen molar-refractivity contribution in [1.29, 1.82) is 0 Å². The first-order valence-corrected chi connectivity index (χ1v) is 16.4. The fraction of sp³-hybridized carbons (Fsp3) is 0.273. The van der Waals surface area contributed by atoms with Crippen molar-refractivity contribution in [1.82, 2.24) is 14.6 Å². The summed E-state index contributed by atoms with van der Waals surface area (Å²) in [5, 5.41) is 13.8. The van der Waals surface area contributed by atoms with Gasteiger partial charge in [-0.3, -0.25) is 5.01 Å². The molecule has 0 saturated carbocycles. The third-order valence-corrected chi connectivity index (χ3v) is 10.5. The molecule has 11 heteroatoms. The van der Waals surface area contributed by atoms with Gasteiger partial charge in [0.1, 0.15) is 5.36 Å². The summed E-state index contributed by atoms with van der Waals surface area (Å²) in [6.07, 6.45) is 3.17. The van der Waals surface area contributed by atoms with E-state index in [9.17, 15) is 0 Å². The highest BCUT2D eigenvalue weighted by molar-refractivity contribution is 6.48. The predicted octanol–water partition coefficient (Wildman–Crippen LogP) is 11.7. The maximum Gasteiger partial charge on any atom is 0.109 e. The van der Waals surface area contributed by atoms with E-state index >= 15 is 0 Å². The number of hydrogen-bond donors (Lipinski definition) is 1. The van der Waals surface area contributed by atoms with Gasteiger partial charge < -0.3 is 9.88 Å².